The molecule has 0 bridgehead atoms. The van der Waals surface area contributed by atoms with Crippen LogP contribution in [0.3, 0.4) is 0 Å². The third-order valence-electron chi connectivity index (χ3n) is 3.72. The zero-order valence-corrected chi connectivity index (χ0v) is 11.7. The van der Waals surface area contributed by atoms with Crippen LogP contribution < -0.4 is 5.32 Å². The van der Waals surface area contributed by atoms with Crippen LogP contribution in [0.2, 0.25) is 0 Å². The second-order valence-electron chi connectivity index (χ2n) is 5.64. The molecule has 1 heterocycles. The zero-order valence-electron chi connectivity index (χ0n) is 11.7. The van der Waals surface area contributed by atoms with E-state index in [0.29, 0.717) is 0 Å². The predicted molar refractivity (Wildman–Crippen MR) is 70.4 cm³/mol. The molecule has 0 aromatic rings. The molecule has 0 spiro atoms. The van der Waals surface area contributed by atoms with Gasteiger partial charge in [-0.1, -0.05) is 11.6 Å². The number of amides is 2. The topological polar surface area (TPSA) is 49.4 Å². The van der Waals surface area contributed by atoms with E-state index in [1.807, 2.05) is 0 Å². The van der Waals surface area contributed by atoms with E-state index in [9.17, 15) is 22.8 Å². The highest BCUT2D eigenvalue weighted by atomic mass is 19.4. The highest BCUT2D eigenvalue weighted by Crippen LogP contribution is 2.22. The number of halogens is 3. The minimum atomic E-state index is -4.40. The van der Waals surface area contributed by atoms with E-state index >= 15 is 0 Å². The summed E-state index contributed by atoms with van der Waals surface area (Å²) in [5.74, 6) is -0.774. The molecule has 0 saturated carbocycles. The molecular weight excluding hydrogens is 285 g/mol. The van der Waals surface area contributed by atoms with Crippen molar-refractivity contribution in [1.82, 2.24) is 10.2 Å². The maximum atomic E-state index is 12.3. The Morgan fingerprint density at radius 3 is 2.76 bits per heavy atom. The van der Waals surface area contributed by atoms with Crippen molar-refractivity contribution in [3.05, 3.63) is 11.6 Å². The average molecular weight is 304 g/mol. The van der Waals surface area contributed by atoms with Gasteiger partial charge in [0.2, 0.25) is 11.8 Å². The van der Waals surface area contributed by atoms with Crippen LogP contribution in [-0.4, -0.2) is 42.0 Å². The van der Waals surface area contributed by atoms with Gasteiger partial charge in [0.25, 0.3) is 0 Å². The standard InChI is InChI=1S/C14H19F3N2O2/c15-14(16,17)9-19-8-11(7-13(19)21)18-12(20)6-10-4-2-1-3-5-10/h4,11H,1-3,5-9H2,(H,18,20)/t11-/m1/s1. The molecule has 1 aliphatic heterocycles. The Kier molecular flexibility index (Phi) is 4.90. The monoisotopic (exact) mass is 304 g/mol. The molecule has 2 amide bonds. The van der Waals surface area contributed by atoms with Gasteiger partial charge in [0.15, 0.2) is 0 Å². The molecule has 0 radical (unpaired) electrons. The molecule has 4 nitrogen and oxygen atoms in total. The van der Waals surface area contributed by atoms with Crippen LogP contribution in [0.1, 0.15) is 38.5 Å². The van der Waals surface area contributed by atoms with Gasteiger partial charge in [-0.3, -0.25) is 9.59 Å². The molecule has 2 aliphatic rings. The van der Waals surface area contributed by atoms with Crippen molar-refractivity contribution >= 4 is 11.8 Å². The van der Waals surface area contributed by atoms with Crippen LogP contribution in [0.5, 0.6) is 0 Å². The maximum absolute atomic E-state index is 12.3. The molecule has 0 aromatic heterocycles. The van der Waals surface area contributed by atoms with Gasteiger partial charge in [0.1, 0.15) is 6.54 Å². The fraction of sp³-hybridized carbons (Fsp3) is 0.714. The van der Waals surface area contributed by atoms with Crippen LogP contribution in [-0.2, 0) is 9.59 Å². The van der Waals surface area contributed by atoms with Crippen LogP contribution in [0.25, 0.3) is 0 Å². The Morgan fingerprint density at radius 2 is 2.14 bits per heavy atom. The largest absolute Gasteiger partial charge is 0.406 e. The number of nitrogens with zero attached hydrogens (tertiary/aromatic N) is 1. The minimum Gasteiger partial charge on any atom is -0.351 e. The van der Waals surface area contributed by atoms with Crippen LogP contribution in [0, 0.1) is 0 Å². The Labute approximate surface area is 121 Å². The van der Waals surface area contributed by atoms with Crippen molar-refractivity contribution in [3.63, 3.8) is 0 Å². The van der Waals surface area contributed by atoms with Gasteiger partial charge < -0.3 is 10.2 Å². The molecular formula is C14H19F3N2O2. The Hall–Kier alpha value is -1.53. The third-order valence-corrected chi connectivity index (χ3v) is 3.72. The van der Waals surface area contributed by atoms with Gasteiger partial charge in [-0.15, -0.1) is 0 Å². The molecule has 7 heteroatoms. The lowest BCUT2D eigenvalue weighted by Crippen LogP contribution is -2.39. The number of hydrogen-bond acceptors (Lipinski definition) is 2. The summed E-state index contributed by atoms with van der Waals surface area (Å²) in [6.45, 7) is -1.31. The van der Waals surface area contributed by atoms with Gasteiger partial charge in [0.05, 0.1) is 6.04 Å². The smallest absolute Gasteiger partial charge is 0.351 e. The summed E-state index contributed by atoms with van der Waals surface area (Å²) in [5.41, 5.74) is 1.08. The summed E-state index contributed by atoms with van der Waals surface area (Å²) in [4.78, 5) is 24.1. The Morgan fingerprint density at radius 1 is 1.38 bits per heavy atom. The first-order chi connectivity index (χ1) is 9.83. The van der Waals surface area contributed by atoms with Crippen molar-refractivity contribution in [2.24, 2.45) is 0 Å². The van der Waals surface area contributed by atoms with E-state index in [1.54, 1.807) is 0 Å². The molecule has 1 N–H and O–H groups in total. The molecule has 0 unspecified atom stereocenters. The molecule has 1 atom stereocenters. The van der Waals surface area contributed by atoms with Crippen molar-refractivity contribution in [2.75, 3.05) is 13.1 Å². The number of nitrogens with one attached hydrogen (secondary N) is 1. The first kappa shape index (κ1) is 15.9. The zero-order chi connectivity index (χ0) is 15.5. The number of carbonyl (C=O) groups excluding carboxylic acids is 2. The van der Waals surface area contributed by atoms with Crippen molar-refractivity contribution in [3.8, 4) is 0 Å². The number of rotatable bonds is 4. The normalized spacial score (nSPS) is 23.2. The predicted octanol–water partition coefficient (Wildman–Crippen LogP) is 2.16. The number of allylic oxidation sites excluding steroid dienone is 1. The molecule has 0 aromatic carbocycles. The first-order valence-corrected chi connectivity index (χ1v) is 7.15. The highest BCUT2D eigenvalue weighted by Gasteiger charge is 2.38. The molecule has 1 saturated heterocycles. The number of likely N-dealkylation sites (tertiary alicyclic amines) is 1. The number of alkyl halides is 3. The molecule has 1 fully saturated rings. The summed E-state index contributed by atoms with van der Waals surface area (Å²) >= 11 is 0. The molecule has 1 aliphatic carbocycles. The van der Waals surface area contributed by atoms with Gasteiger partial charge in [-0.25, -0.2) is 0 Å². The lowest BCUT2D eigenvalue weighted by atomic mass is 9.97. The Bertz CT molecular complexity index is 446. The minimum absolute atomic E-state index is 0.0547. The first-order valence-electron chi connectivity index (χ1n) is 7.15. The fourth-order valence-electron chi connectivity index (χ4n) is 2.79. The van der Waals surface area contributed by atoms with E-state index in [4.69, 9.17) is 0 Å². The van der Waals surface area contributed by atoms with Crippen molar-refractivity contribution in [1.29, 1.82) is 0 Å². The van der Waals surface area contributed by atoms with E-state index in [1.165, 1.54) is 0 Å². The van der Waals surface area contributed by atoms with Crippen molar-refractivity contribution < 1.29 is 22.8 Å². The van der Waals surface area contributed by atoms with E-state index in [2.05, 4.69) is 11.4 Å². The quantitative estimate of drug-likeness (QED) is 0.809. The van der Waals surface area contributed by atoms with E-state index in [0.717, 1.165) is 36.2 Å². The van der Waals surface area contributed by atoms with Gasteiger partial charge in [-0.05, 0) is 25.7 Å². The van der Waals surface area contributed by atoms with Gasteiger partial charge >= 0.3 is 6.18 Å². The van der Waals surface area contributed by atoms with Crippen LogP contribution >= 0.6 is 0 Å². The molecule has 2 rings (SSSR count). The van der Waals surface area contributed by atoms with E-state index < -0.39 is 24.7 Å². The average Bonchev–Trinajstić information content (AvgIpc) is 2.68. The summed E-state index contributed by atoms with van der Waals surface area (Å²) in [5, 5.41) is 2.66. The number of carbonyl (C=O) groups is 2. The SMILES string of the molecule is O=C(CC1=CCCCC1)N[C@@H]1CC(=O)N(CC(F)(F)F)C1. The van der Waals surface area contributed by atoms with Gasteiger partial charge in [-0.2, -0.15) is 13.2 Å². The third kappa shape index (κ3) is 5.06. The maximum Gasteiger partial charge on any atom is 0.406 e. The summed E-state index contributed by atoms with van der Waals surface area (Å²) in [6, 6.07) is -0.517. The molecule has 118 valence electrons. The lowest BCUT2D eigenvalue weighted by Gasteiger charge is -2.19. The van der Waals surface area contributed by atoms with Gasteiger partial charge in [0, 0.05) is 19.4 Å². The summed E-state index contributed by atoms with van der Waals surface area (Å²) in [6.07, 6.45) is 1.96. The highest BCUT2D eigenvalue weighted by molar-refractivity contribution is 5.83. The van der Waals surface area contributed by atoms with E-state index in [-0.39, 0.29) is 25.3 Å². The van der Waals surface area contributed by atoms with Crippen LogP contribution in [0.15, 0.2) is 11.6 Å². The second kappa shape index (κ2) is 6.49. The Balaban J connectivity index is 1.80. The molecule has 21 heavy (non-hydrogen) atoms. The van der Waals surface area contributed by atoms with Crippen LogP contribution in [0.4, 0.5) is 13.2 Å². The summed E-state index contributed by atoms with van der Waals surface area (Å²) < 4.78 is 36.9. The summed E-state index contributed by atoms with van der Waals surface area (Å²) in [7, 11) is 0. The second-order valence-corrected chi connectivity index (χ2v) is 5.64. The lowest BCUT2D eigenvalue weighted by molar-refractivity contribution is -0.157. The van der Waals surface area contributed by atoms with Crippen molar-refractivity contribution in [2.45, 2.75) is 50.7 Å². The number of hydrogen-bond donors (Lipinski definition) is 1. The fourth-order valence-corrected chi connectivity index (χ4v) is 2.79.